The molecule has 9 heteroatoms. The van der Waals surface area contributed by atoms with E-state index in [1.165, 1.54) is 23.5 Å². The smallest absolute Gasteiger partial charge is 0.251 e. The molecule has 2 aromatic carbocycles. The lowest BCUT2D eigenvalue weighted by molar-refractivity contribution is -0.115. The number of nitrogens with one attached hydrogen (secondary N) is 2. The number of fused-ring (bicyclic) bond motifs is 1. The maximum atomic E-state index is 13.3. The quantitative estimate of drug-likeness (QED) is 0.688. The summed E-state index contributed by atoms with van der Waals surface area (Å²) < 4.78 is 23.7. The van der Waals surface area contributed by atoms with Crippen LogP contribution in [0.5, 0.6) is 11.5 Å². The predicted octanol–water partition coefficient (Wildman–Crippen LogP) is 3.05. The van der Waals surface area contributed by atoms with Gasteiger partial charge in [-0.15, -0.1) is 11.3 Å². The molecule has 2 heterocycles. The molecule has 0 spiro atoms. The fraction of sp³-hybridized carbons (Fsp3) is 0.105. The molecule has 2 N–H and O–H groups in total. The van der Waals surface area contributed by atoms with Crippen molar-refractivity contribution in [2.75, 3.05) is 18.7 Å². The van der Waals surface area contributed by atoms with Crippen LogP contribution in [0, 0.1) is 5.82 Å². The van der Waals surface area contributed by atoms with Gasteiger partial charge in [-0.25, -0.2) is 9.37 Å². The number of thiazole rings is 1. The van der Waals surface area contributed by atoms with Crippen molar-refractivity contribution < 1.29 is 23.5 Å². The summed E-state index contributed by atoms with van der Waals surface area (Å²) in [6, 6.07) is 10.8. The van der Waals surface area contributed by atoms with Crippen molar-refractivity contribution in [1.82, 2.24) is 10.3 Å². The van der Waals surface area contributed by atoms with Gasteiger partial charge in [0.2, 0.25) is 12.7 Å². The number of hydrogen-bond donors (Lipinski definition) is 2. The number of halogens is 1. The summed E-state index contributed by atoms with van der Waals surface area (Å²) in [6.07, 6.45) is 0. The zero-order chi connectivity index (χ0) is 19.5. The third-order valence-corrected chi connectivity index (χ3v) is 4.67. The molecular formula is C19H14FN3O4S. The summed E-state index contributed by atoms with van der Waals surface area (Å²) in [5, 5.41) is 7.23. The fourth-order valence-electron chi connectivity index (χ4n) is 2.58. The number of nitrogens with zero attached hydrogens (tertiary/aromatic N) is 1. The molecule has 0 unspecified atom stereocenters. The van der Waals surface area contributed by atoms with Crippen LogP contribution >= 0.6 is 11.3 Å². The van der Waals surface area contributed by atoms with Gasteiger partial charge in [0.15, 0.2) is 16.6 Å². The number of carbonyl (C=O) groups excluding carboxylic acids is 2. The first kappa shape index (κ1) is 17.9. The summed E-state index contributed by atoms with van der Waals surface area (Å²) in [7, 11) is 0. The van der Waals surface area contributed by atoms with Crippen LogP contribution < -0.4 is 20.1 Å². The summed E-state index contributed by atoms with van der Waals surface area (Å²) in [6.45, 7) is -0.101. The maximum Gasteiger partial charge on any atom is 0.251 e. The molecule has 0 bridgehead atoms. The number of anilines is 1. The van der Waals surface area contributed by atoms with E-state index in [0.717, 1.165) is 0 Å². The molecule has 0 aliphatic carbocycles. The molecule has 142 valence electrons. The van der Waals surface area contributed by atoms with Crippen LogP contribution in [0.1, 0.15) is 10.4 Å². The Labute approximate surface area is 163 Å². The SMILES string of the molecule is O=C(CNC(=O)c1ccc2c(c1)OCO2)Nc1nc(-c2cccc(F)c2)cs1. The van der Waals surface area contributed by atoms with Gasteiger partial charge in [0.25, 0.3) is 5.91 Å². The number of hydrogen-bond acceptors (Lipinski definition) is 6. The molecular weight excluding hydrogens is 385 g/mol. The lowest BCUT2D eigenvalue weighted by Crippen LogP contribution is -2.32. The van der Waals surface area contributed by atoms with E-state index in [0.29, 0.717) is 33.5 Å². The van der Waals surface area contributed by atoms with Crippen LogP contribution in [0.3, 0.4) is 0 Å². The Balaban J connectivity index is 1.33. The summed E-state index contributed by atoms with van der Waals surface area (Å²) in [5.41, 5.74) is 1.54. The number of aromatic nitrogens is 1. The van der Waals surface area contributed by atoms with Gasteiger partial charge in [-0.2, -0.15) is 0 Å². The molecule has 4 rings (SSSR count). The topological polar surface area (TPSA) is 89.6 Å². The van der Waals surface area contributed by atoms with Crippen molar-refractivity contribution in [3.63, 3.8) is 0 Å². The normalized spacial score (nSPS) is 11.9. The second-order valence-corrected chi connectivity index (χ2v) is 6.71. The standard InChI is InChI=1S/C19H14FN3O4S/c20-13-3-1-2-11(6-13)14-9-28-19(22-14)23-17(24)8-21-18(25)12-4-5-15-16(7-12)27-10-26-15/h1-7,9H,8,10H2,(H,21,25)(H,22,23,24). The monoisotopic (exact) mass is 399 g/mol. The zero-order valence-corrected chi connectivity index (χ0v) is 15.2. The number of rotatable bonds is 5. The zero-order valence-electron chi connectivity index (χ0n) is 14.4. The Morgan fingerprint density at radius 2 is 2.00 bits per heavy atom. The highest BCUT2D eigenvalue weighted by atomic mass is 32.1. The minimum atomic E-state index is -0.422. The number of benzene rings is 2. The van der Waals surface area contributed by atoms with E-state index >= 15 is 0 Å². The van der Waals surface area contributed by atoms with Crippen LogP contribution in [0.4, 0.5) is 9.52 Å². The average molecular weight is 399 g/mol. The molecule has 1 aliphatic rings. The first-order valence-corrected chi connectivity index (χ1v) is 9.15. The van der Waals surface area contributed by atoms with Gasteiger partial charge in [0.1, 0.15) is 5.82 Å². The van der Waals surface area contributed by atoms with Crippen LogP contribution in [-0.2, 0) is 4.79 Å². The van der Waals surface area contributed by atoms with Gasteiger partial charge >= 0.3 is 0 Å². The van der Waals surface area contributed by atoms with Crippen molar-refractivity contribution in [2.24, 2.45) is 0 Å². The molecule has 0 saturated heterocycles. The van der Waals surface area contributed by atoms with Gasteiger partial charge in [0.05, 0.1) is 12.2 Å². The minimum Gasteiger partial charge on any atom is -0.454 e. The molecule has 3 aromatic rings. The second kappa shape index (κ2) is 7.65. The molecule has 7 nitrogen and oxygen atoms in total. The molecule has 1 aliphatic heterocycles. The lowest BCUT2D eigenvalue weighted by Gasteiger charge is -2.06. The van der Waals surface area contributed by atoms with Gasteiger partial charge in [-0.05, 0) is 30.3 Å². The highest BCUT2D eigenvalue weighted by Gasteiger charge is 2.17. The van der Waals surface area contributed by atoms with Gasteiger partial charge in [-0.3, -0.25) is 9.59 Å². The van der Waals surface area contributed by atoms with Crippen molar-refractivity contribution in [3.8, 4) is 22.8 Å². The van der Waals surface area contributed by atoms with Gasteiger partial charge < -0.3 is 20.1 Å². The van der Waals surface area contributed by atoms with Crippen LogP contribution in [0.2, 0.25) is 0 Å². The van der Waals surface area contributed by atoms with Crippen molar-refractivity contribution >= 4 is 28.3 Å². The Morgan fingerprint density at radius 1 is 1.14 bits per heavy atom. The molecule has 1 aromatic heterocycles. The van der Waals surface area contributed by atoms with Gasteiger partial charge in [-0.1, -0.05) is 12.1 Å². The third-order valence-electron chi connectivity index (χ3n) is 3.92. The van der Waals surface area contributed by atoms with E-state index in [1.54, 1.807) is 35.7 Å². The Kier molecular flexibility index (Phi) is 4.90. The maximum absolute atomic E-state index is 13.3. The van der Waals surface area contributed by atoms with E-state index in [9.17, 15) is 14.0 Å². The Hall–Kier alpha value is -3.46. The van der Waals surface area contributed by atoms with Crippen LogP contribution in [-0.4, -0.2) is 30.1 Å². The van der Waals surface area contributed by atoms with Crippen LogP contribution in [0.25, 0.3) is 11.3 Å². The van der Waals surface area contributed by atoms with Crippen molar-refractivity contribution in [2.45, 2.75) is 0 Å². The molecule has 0 radical (unpaired) electrons. The summed E-state index contributed by atoms with van der Waals surface area (Å²) in [4.78, 5) is 28.5. The summed E-state index contributed by atoms with van der Waals surface area (Å²) >= 11 is 1.21. The molecule has 0 fully saturated rings. The Morgan fingerprint density at radius 3 is 2.86 bits per heavy atom. The number of ether oxygens (including phenoxy) is 2. The Bertz CT molecular complexity index is 1050. The van der Waals surface area contributed by atoms with E-state index in [2.05, 4.69) is 15.6 Å². The molecule has 0 atom stereocenters. The van der Waals surface area contributed by atoms with E-state index in [-0.39, 0.29) is 19.2 Å². The predicted molar refractivity (Wildman–Crippen MR) is 101 cm³/mol. The van der Waals surface area contributed by atoms with Gasteiger partial charge in [0, 0.05) is 16.5 Å². The highest BCUT2D eigenvalue weighted by molar-refractivity contribution is 7.14. The number of carbonyl (C=O) groups is 2. The van der Waals surface area contributed by atoms with E-state index < -0.39 is 11.8 Å². The van der Waals surface area contributed by atoms with E-state index in [1.807, 2.05) is 0 Å². The highest BCUT2D eigenvalue weighted by Crippen LogP contribution is 2.32. The lowest BCUT2D eigenvalue weighted by atomic mass is 10.2. The minimum absolute atomic E-state index is 0.119. The molecule has 28 heavy (non-hydrogen) atoms. The molecule has 2 amide bonds. The average Bonchev–Trinajstić information content (AvgIpc) is 3.34. The fourth-order valence-corrected chi connectivity index (χ4v) is 3.31. The van der Waals surface area contributed by atoms with Crippen LogP contribution in [0.15, 0.2) is 47.8 Å². The third kappa shape index (κ3) is 3.94. The number of amides is 2. The first-order chi connectivity index (χ1) is 13.6. The largest absolute Gasteiger partial charge is 0.454 e. The summed E-state index contributed by atoms with van der Waals surface area (Å²) in [5.74, 6) is -0.124. The second-order valence-electron chi connectivity index (χ2n) is 5.85. The molecule has 0 saturated carbocycles. The van der Waals surface area contributed by atoms with Crippen molar-refractivity contribution in [3.05, 3.63) is 59.2 Å². The first-order valence-electron chi connectivity index (χ1n) is 8.28. The van der Waals surface area contributed by atoms with E-state index in [4.69, 9.17) is 9.47 Å². The van der Waals surface area contributed by atoms with Crippen molar-refractivity contribution in [1.29, 1.82) is 0 Å².